The van der Waals surface area contributed by atoms with Gasteiger partial charge in [-0.05, 0) is 12.1 Å². The van der Waals surface area contributed by atoms with Crippen LogP contribution in [0.4, 0.5) is 0 Å². The van der Waals surface area contributed by atoms with Crippen LogP contribution < -0.4 is 0 Å². The second kappa shape index (κ2) is 3.90. The standard InChI is InChI=1S/C6H7IO2/c7-9-5-3-6-2-1-4-8-6/h1-2,4H,3,5H2. The maximum absolute atomic E-state index is 5.05. The Bertz CT molecular complexity index is 148. The Morgan fingerprint density at radius 2 is 2.56 bits per heavy atom. The van der Waals surface area contributed by atoms with Gasteiger partial charge in [-0.2, -0.15) is 0 Å². The van der Waals surface area contributed by atoms with Crippen LogP contribution in [0.3, 0.4) is 0 Å². The van der Waals surface area contributed by atoms with E-state index in [1.54, 1.807) is 6.26 Å². The van der Waals surface area contributed by atoms with Crippen LogP contribution in [0.15, 0.2) is 22.8 Å². The van der Waals surface area contributed by atoms with Crippen molar-refractivity contribution in [3.8, 4) is 0 Å². The first-order valence-electron chi connectivity index (χ1n) is 2.69. The number of hydrogen-bond donors (Lipinski definition) is 0. The Kier molecular flexibility index (Phi) is 3.06. The Labute approximate surface area is 67.9 Å². The summed E-state index contributed by atoms with van der Waals surface area (Å²) in [5.74, 6) is 0.978. The first-order chi connectivity index (χ1) is 4.43. The fourth-order valence-corrected chi connectivity index (χ4v) is 0.814. The Hall–Kier alpha value is -0.0300. The van der Waals surface area contributed by atoms with Crippen LogP contribution in [0.1, 0.15) is 5.76 Å². The molecule has 0 aliphatic rings. The summed E-state index contributed by atoms with van der Waals surface area (Å²) in [4.78, 5) is 0. The summed E-state index contributed by atoms with van der Waals surface area (Å²) in [7, 11) is 0. The lowest BCUT2D eigenvalue weighted by Gasteiger charge is -1.90. The lowest BCUT2D eigenvalue weighted by molar-refractivity contribution is 0.399. The van der Waals surface area contributed by atoms with Crippen LogP contribution in [0.2, 0.25) is 0 Å². The molecule has 2 nitrogen and oxygen atoms in total. The van der Waals surface area contributed by atoms with Gasteiger partial charge in [0, 0.05) is 6.42 Å². The van der Waals surface area contributed by atoms with Crippen molar-refractivity contribution in [3.63, 3.8) is 0 Å². The van der Waals surface area contributed by atoms with Crippen LogP contribution in [0.25, 0.3) is 0 Å². The molecule has 0 N–H and O–H groups in total. The monoisotopic (exact) mass is 238 g/mol. The van der Waals surface area contributed by atoms with Crippen LogP contribution in [-0.4, -0.2) is 6.61 Å². The summed E-state index contributed by atoms with van der Waals surface area (Å²) in [6, 6.07) is 3.82. The highest BCUT2D eigenvalue weighted by atomic mass is 127. The van der Waals surface area contributed by atoms with E-state index in [9.17, 15) is 0 Å². The molecule has 0 aliphatic heterocycles. The Balaban J connectivity index is 2.30. The topological polar surface area (TPSA) is 22.4 Å². The third-order valence-electron chi connectivity index (χ3n) is 1.01. The summed E-state index contributed by atoms with van der Waals surface area (Å²) in [6.45, 7) is 0.716. The van der Waals surface area contributed by atoms with Gasteiger partial charge in [-0.15, -0.1) is 0 Å². The molecule has 0 saturated heterocycles. The molecule has 0 saturated carbocycles. The second-order valence-corrected chi connectivity index (χ2v) is 2.27. The van der Waals surface area contributed by atoms with E-state index in [0.29, 0.717) is 6.61 Å². The molecular formula is C6H7IO2. The van der Waals surface area contributed by atoms with Crippen molar-refractivity contribution in [1.82, 2.24) is 0 Å². The van der Waals surface area contributed by atoms with Crippen LogP contribution >= 0.6 is 23.0 Å². The fourth-order valence-electron chi connectivity index (χ4n) is 0.594. The van der Waals surface area contributed by atoms with E-state index in [-0.39, 0.29) is 0 Å². The highest BCUT2D eigenvalue weighted by Gasteiger charge is 1.92. The predicted molar refractivity (Wildman–Crippen MR) is 42.4 cm³/mol. The molecule has 0 atom stereocenters. The molecular weight excluding hydrogens is 231 g/mol. The van der Waals surface area contributed by atoms with Gasteiger partial charge in [0.15, 0.2) is 0 Å². The summed E-state index contributed by atoms with van der Waals surface area (Å²) < 4.78 is 9.88. The minimum absolute atomic E-state index is 0.716. The van der Waals surface area contributed by atoms with E-state index in [4.69, 9.17) is 7.48 Å². The molecule has 1 rings (SSSR count). The van der Waals surface area contributed by atoms with Crippen LogP contribution in [0, 0.1) is 0 Å². The molecule has 50 valence electrons. The SMILES string of the molecule is IOCCc1ccco1. The number of hydrogen-bond acceptors (Lipinski definition) is 2. The summed E-state index contributed by atoms with van der Waals surface area (Å²) in [5, 5.41) is 0. The van der Waals surface area contributed by atoms with Gasteiger partial charge in [-0.3, -0.25) is 0 Å². The number of rotatable bonds is 3. The van der Waals surface area contributed by atoms with E-state index >= 15 is 0 Å². The van der Waals surface area contributed by atoms with Crippen molar-refractivity contribution >= 4 is 23.0 Å². The normalized spacial score (nSPS) is 9.89. The maximum atomic E-state index is 5.05. The fraction of sp³-hybridized carbons (Fsp3) is 0.333. The minimum atomic E-state index is 0.716. The lowest BCUT2D eigenvalue weighted by atomic mass is 10.3. The first-order valence-corrected chi connectivity index (χ1v) is 3.57. The van der Waals surface area contributed by atoms with Crippen molar-refractivity contribution in [3.05, 3.63) is 24.2 Å². The van der Waals surface area contributed by atoms with Gasteiger partial charge >= 0.3 is 0 Å². The lowest BCUT2D eigenvalue weighted by Crippen LogP contribution is -1.87. The van der Waals surface area contributed by atoms with Crippen molar-refractivity contribution in [2.75, 3.05) is 6.61 Å². The molecule has 0 amide bonds. The predicted octanol–water partition coefficient (Wildman–Crippen LogP) is 2.19. The smallest absolute Gasteiger partial charge is 0.109 e. The molecule has 0 radical (unpaired) electrons. The van der Waals surface area contributed by atoms with Crippen molar-refractivity contribution in [2.24, 2.45) is 0 Å². The number of furan rings is 1. The van der Waals surface area contributed by atoms with Gasteiger partial charge in [0.1, 0.15) is 28.8 Å². The first kappa shape index (κ1) is 7.08. The highest BCUT2D eigenvalue weighted by Crippen LogP contribution is 2.01. The van der Waals surface area contributed by atoms with E-state index in [2.05, 4.69) is 0 Å². The van der Waals surface area contributed by atoms with Gasteiger partial charge in [0.05, 0.1) is 12.9 Å². The van der Waals surface area contributed by atoms with Crippen LogP contribution in [-0.2, 0) is 9.49 Å². The minimum Gasteiger partial charge on any atom is -0.469 e. The third kappa shape index (κ3) is 2.36. The van der Waals surface area contributed by atoms with Gasteiger partial charge < -0.3 is 7.48 Å². The average molecular weight is 238 g/mol. The van der Waals surface area contributed by atoms with Crippen molar-refractivity contribution in [1.29, 1.82) is 0 Å². The van der Waals surface area contributed by atoms with Crippen molar-refractivity contribution in [2.45, 2.75) is 6.42 Å². The summed E-state index contributed by atoms with van der Waals surface area (Å²) in [5.41, 5.74) is 0. The van der Waals surface area contributed by atoms with Gasteiger partial charge in [0.25, 0.3) is 0 Å². The van der Waals surface area contributed by atoms with E-state index in [0.717, 1.165) is 12.2 Å². The quantitative estimate of drug-likeness (QED) is 0.753. The highest BCUT2D eigenvalue weighted by molar-refractivity contribution is 14.1. The summed E-state index contributed by atoms with van der Waals surface area (Å²) >= 11 is 1.87. The Morgan fingerprint density at radius 3 is 3.11 bits per heavy atom. The molecule has 1 heterocycles. The average Bonchev–Trinajstić information content (AvgIpc) is 2.34. The number of halogens is 1. The maximum Gasteiger partial charge on any atom is 0.109 e. The Morgan fingerprint density at radius 1 is 1.67 bits per heavy atom. The molecule has 0 unspecified atom stereocenters. The molecule has 1 aromatic rings. The molecule has 0 aliphatic carbocycles. The van der Waals surface area contributed by atoms with Gasteiger partial charge in [0.2, 0.25) is 0 Å². The molecule has 0 fully saturated rings. The van der Waals surface area contributed by atoms with Crippen molar-refractivity contribution < 1.29 is 7.48 Å². The van der Waals surface area contributed by atoms with Crippen LogP contribution in [0.5, 0.6) is 0 Å². The molecule has 3 heteroatoms. The molecule has 0 spiro atoms. The van der Waals surface area contributed by atoms with E-state index < -0.39 is 0 Å². The zero-order chi connectivity index (χ0) is 6.53. The zero-order valence-corrected chi connectivity index (χ0v) is 7.00. The summed E-state index contributed by atoms with van der Waals surface area (Å²) in [6.07, 6.45) is 2.53. The molecule has 0 aromatic carbocycles. The molecule has 9 heavy (non-hydrogen) atoms. The largest absolute Gasteiger partial charge is 0.469 e. The van der Waals surface area contributed by atoms with Gasteiger partial charge in [-0.25, -0.2) is 0 Å². The zero-order valence-electron chi connectivity index (χ0n) is 4.84. The van der Waals surface area contributed by atoms with E-state index in [1.165, 1.54) is 0 Å². The van der Waals surface area contributed by atoms with Gasteiger partial charge in [-0.1, -0.05) is 0 Å². The molecule has 0 bridgehead atoms. The molecule has 1 aromatic heterocycles. The second-order valence-electron chi connectivity index (χ2n) is 1.64. The van der Waals surface area contributed by atoms with E-state index in [1.807, 2.05) is 35.1 Å². The third-order valence-corrected chi connectivity index (χ3v) is 1.45.